The van der Waals surface area contributed by atoms with E-state index in [2.05, 4.69) is 0 Å². The molecule has 2 atom stereocenters. The van der Waals surface area contributed by atoms with Crippen LogP contribution in [0.4, 0.5) is 0 Å². The smallest absolute Gasteiger partial charge is 0.223 e. The van der Waals surface area contributed by atoms with Gasteiger partial charge in [-0.25, -0.2) is 0 Å². The maximum Gasteiger partial charge on any atom is 0.223 e. The highest BCUT2D eigenvalue weighted by atomic mass is 16.5. The van der Waals surface area contributed by atoms with Gasteiger partial charge in [-0.3, -0.25) is 4.79 Å². The van der Waals surface area contributed by atoms with Gasteiger partial charge >= 0.3 is 0 Å². The Morgan fingerprint density at radius 2 is 1.79 bits per heavy atom. The number of hydrogen-bond donors (Lipinski definition) is 1. The highest BCUT2D eigenvalue weighted by molar-refractivity contribution is 5.77. The molecule has 1 aliphatic heterocycles. The van der Waals surface area contributed by atoms with Gasteiger partial charge in [-0.2, -0.15) is 0 Å². The van der Waals surface area contributed by atoms with Gasteiger partial charge in [-0.05, 0) is 38.6 Å². The Morgan fingerprint density at radius 3 is 2.32 bits per heavy atom. The van der Waals surface area contributed by atoms with Crippen molar-refractivity contribution in [3.8, 4) is 0 Å². The lowest BCUT2D eigenvalue weighted by Crippen LogP contribution is -2.50. The number of nitrogens with two attached hydrogens (primary N) is 1. The van der Waals surface area contributed by atoms with Crippen molar-refractivity contribution in [2.75, 3.05) is 19.6 Å². The van der Waals surface area contributed by atoms with Gasteiger partial charge in [0.15, 0.2) is 0 Å². The summed E-state index contributed by atoms with van der Waals surface area (Å²) in [4.78, 5) is 14.5. The fourth-order valence-corrected chi connectivity index (χ4v) is 3.57. The van der Waals surface area contributed by atoms with Crippen LogP contribution in [-0.2, 0) is 9.53 Å². The predicted octanol–water partition coefficient (Wildman–Crippen LogP) is 1.92. The van der Waals surface area contributed by atoms with Gasteiger partial charge < -0.3 is 15.4 Å². The van der Waals surface area contributed by atoms with E-state index in [4.69, 9.17) is 10.5 Å². The first-order valence-corrected chi connectivity index (χ1v) is 7.68. The van der Waals surface area contributed by atoms with E-state index in [0.29, 0.717) is 13.0 Å². The van der Waals surface area contributed by atoms with E-state index in [1.54, 1.807) is 0 Å². The zero-order chi connectivity index (χ0) is 13.9. The molecule has 0 aromatic heterocycles. The van der Waals surface area contributed by atoms with Gasteiger partial charge in [0.25, 0.3) is 0 Å². The second-order valence-electron chi connectivity index (χ2n) is 6.50. The average molecular weight is 268 g/mol. The summed E-state index contributed by atoms with van der Waals surface area (Å²) in [5.41, 5.74) is 6.04. The first-order chi connectivity index (χ1) is 9.04. The normalized spacial score (nSPS) is 31.2. The lowest BCUT2D eigenvalue weighted by atomic mass is 9.71. The fourth-order valence-electron chi connectivity index (χ4n) is 3.57. The van der Waals surface area contributed by atoms with E-state index < -0.39 is 0 Å². The van der Waals surface area contributed by atoms with Crippen LogP contribution in [0.3, 0.4) is 0 Å². The van der Waals surface area contributed by atoms with E-state index in [-0.39, 0.29) is 23.5 Å². The minimum absolute atomic E-state index is 0.0696. The van der Waals surface area contributed by atoms with Crippen LogP contribution in [0.1, 0.15) is 52.4 Å². The van der Waals surface area contributed by atoms with Gasteiger partial charge in [0, 0.05) is 19.5 Å². The maximum atomic E-state index is 12.5. The largest absolute Gasteiger partial charge is 0.372 e. The summed E-state index contributed by atoms with van der Waals surface area (Å²) in [7, 11) is 0. The Kier molecular flexibility index (Phi) is 4.85. The van der Waals surface area contributed by atoms with Crippen molar-refractivity contribution in [1.29, 1.82) is 0 Å². The number of morpholine rings is 1. The second-order valence-corrected chi connectivity index (χ2v) is 6.50. The Bertz CT molecular complexity index is 303. The molecule has 2 N–H and O–H groups in total. The van der Waals surface area contributed by atoms with Crippen molar-refractivity contribution in [3.63, 3.8) is 0 Å². The fraction of sp³-hybridized carbons (Fsp3) is 0.933. The van der Waals surface area contributed by atoms with Gasteiger partial charge in [-0.1, -0.05) is 19.3 Å². The molecule has 1 saturated heterocycles. The summed E-state index contributed by atoms with van der Waals surface area (Å²) in [5.74, 6) is 0.273. The van der Waals surface area contributed by atoms with Crippen LogP contribution >= 0.6 is 0 Å². The second kappa shape index (κ2) is 6.23. The molecule has 4 heteroatoms. The highest BCUT2D eigenvalue weighted by Gasteiger charge is 2.36. The predicted molar refractivity (Wildman–Crippen MR) is 75.8 cm³/mol. The highest BCUT2D eigenvalue weighted by Crippen LogP contribution is 2.38. The topological polar surface area (TPSA) is 55.6 Å². The molecule has 2 aliphatic rings. The number of rotatable bonds is 3. The van der Waals surface area contributed by atoms with E-state index in [9.17, 15) is 4.79 Å². The Balaban J connectivity index is 1.95. The number of amides is 1. The summed E-state index contributed by atoms with van der Waals surface area (Å²) in [5, 5.41) is 0. The van der Waals surface area contributed by atoms with Crippen LogP contribution in [0.2, 0.25) is 0 Å². The number of hydrogen-bond acceptors (Lipinski definition) is 3. The lowest BCUT2D eigenvalue weighted by Gasteiger charge is -2.40. The zero-order valence-corrected chi connectivity index (χ0v) is 12.4. The molecule has 4 nitrogen and oxygen atoms in total. The number of carbonyl (C=O) groups is 1. The van der Waals surface area contributed by atoms with Gasteiger partial charge in [0.1, 0.15) is 0 Å². The first kappa shape index (κ1) is 14.8. The molecule has 19 heavy (non-hydrogen) atoms. The molecule has 0 spiro atoms. The summed E-state index contributed by atoms with van der Waals surface area (Å²) in [6, 6.07) is 0. The van der Waals surface area contributed by atoms with Crippen molar-refractivity contribution in [2.24, 2.45) is 11.1 Å². The molecule has 0 aromatic rings. The standard InChI is InChI=1S/C15H28N2O2/c1-12-9-17(10-13(2)19-12)14(18)8-15(11-16)6-4-3-5-7-15/h12-13H,3-11,16H2,1-2H3. The van der Waals surface area contributed by atoms with Gasteiger partial charge in [0.05, 0.1) is 12.2 Å². The molecular formula is C15H28N2O2. The molecule has 110 valence electrons. The van der Waals surface area contributed by atoms with Crippen molar-refractivity contribution < 1.29 is 9.53 Å². The van der Waals surface area contributed by atoms with Gasteiger partial charge in [-0.15, -0.1) is 0 Å². The van der Waals surface area contributed by atoms with Crippen molar-refractivity contribution in [2.45, 2.75) is 64.6 Å². The third-order valence-corrected chi connectivity index (χ3v) is 4.65. The van der Waals surface area contributed by atoms with Crippen LogP contribution in [0.15, 0.2) is 0 Å². The van der Waals surface area contributed by atoms with Crippen LogP contribution in [0.25, 0.3) is 0 Å². The lowest BCUT2D eigenvalue weighted by molar-refractivity contribution is -0.146. The summed E-state index contributed by atoms with van der Waals surface area (Å²) < 4.78 is 5.69. The summed E-state index contributed by atoms with van der Waals surface area (Å²) >= 11 is 0. The summed E-state index contributed by atoms with van der Waals surface area (Å²) in [6.07, 6.45) is 6.89. The number of ether oxygens (including phenoxy) is 1. The molecule has 1 aliphatic carbocycles. The van der Waals surface area contributed by atoms with Crippen molar-refractivity contribution >= 4 is 5.91 Å². The van der Waals surface area contributed by atoms with Gasteiger partial charge in [0.2, 0.25) is 5.91 Å². The van der Waals surface area contributed by atoms with E-state index in [0.717, 1.165) is 25.9 Å². The van der Waals surface area contributed by atoms with Crippen LogP contribution in [-0.4, -0.2) is 42.6 Å². The number of carbonyl (C=O) groups excluding carboxylic acids is 1. The zero-order valence-electron chi connectivity index (χ0n) is 12.4. The Labute approximate surface area is 116 Å². The summed E-state index contributed by atoms with van der Waals surface area (Å²) in [6.45, 7) is 6.17. The molecule has 0 aromatic carbocycles. The molecule has 0 bridgehead atoms. The van der Waals surface area contributed by atoms with Crippen LogP contribution < -0.4 is 5.73 Å². The minimum Gasteiger partial charge on any atom is -0.372 e. The van der Waals surface area contributed by atoms with Crippen molar-refractivity contribution in [3.05, 3.63) is 0 Å². The minimum atomic E-state index is 0.0696. The quantitative estimate of drug-likeness (QED) is 0.851. The van der Waals surface area contributed by atoms with E-state index >= 15 is 0 Å². The van der Waals surface area contributed by atoms with Crippen LogP contribution in [0.5, 0.6) is 0 Å². The molecule has 2 fully saturated rings. The first-order valence-electron chi connectivity index (χ1n) is 7.68. The molecular weight excluding hydrogens is 240 g/mol. The number of nitrogens with zero attached hydrogens (tertiary/aromatic N) is 1. The van der Waals surface area contributed by atoms with E-state index in [1.807, 2.05) is 18.7 Å². The maximum absolute atomic E-state index is 12.5. The Hall–Kier alpha value is -0.610. The van der Waals surface area contributed by atoms with Crippen molar-refractivity contribution in [1.82, 2.24) is 4.90 Å². The van der Waals surface area contributed by atoms with Crippen LogP contribution in [0, 0.1) is 5.41 Å². The van der Waals surface area contributed by atoms with E-state index in [1.165, 1.54) is 19.3 Å². The molecule has 2 rings (SSSR count). The molecule has 1 amide bonds. The molecule has 1 saturated carbocycles. The Morgan fingerprint density at radius 1 is 1.21 bits per heavy atom. The SMILES string of the molecule is CC1CN(C(=O)CC2(CN)CCCCC2)CC(C)O1. The molecule has 1 heterocycles. The molecule has 2 unspecified atom stereocenters. The average Bonchev–Trinajstić information content (AvgIpc) is 2.38. The molecule has 0 radical (unpaired) electrons. The third kappa shape index (κ3) is 3.69. The monoisotopic (exact) mass is 268 g/mol. The third-order valence-electron chi connectivity index (χ3n) is 4.65.